The first-order valence-corrected chi connectivity index (χ1v) is 6.59. The summed E-state index contributed by atoms with van der Waals surface area (Å²) in [7, 11) is 0. The topological polar surface area (TPSA) is 84.7 Å². The zero-order valence-corrected chi connectivity index (χ0v) is 11.7. The normalized spacial score (nSPS) is 13.2. The van der Waals surface area contributed by atoms with Crippen molar-refractivity contribution < 1.29 is 14.3 Å². The van der Waals surface area contributed by atoms with Crippen LogP contribution in [0.4, 0.5) is 5.69 Å². The lowest BCUT2D eigenvalue weighted by atomic mass is 10.1. The van der Waals surface area contributed by atoms with Gasteiger partial charge >= 0.3 is 0 Å². The van der Waals surface area contributed by atoms with Gasteiger partial charge in [0.25, 0.3) is 5.91 Å². The molecule has 1 aliphatic heterocycles. The summed E-state index contributed by atoms with van der Waals surface area (Å²) >= 11 is 0. The van der Waals surface area contributed by atoms with Gasteiger partial charge < -0.3 is 20.7 Å². The molecule has 20 heavy (non-hydrogen) atoms. The van der Waals surface area contributed by atoms with E-state index in [4.69, 9.17) is 10.5 Å². The number of nitrogens with two attached hydrogens (primary N) is 1. The molecular formula is C14H19N3O3. The average molecular weight is 277 g/mol. The number of rotatable bonds is 4. The third kappa shape index (κ3) is 2.84. The minimum atomic E-state index is -0.532. The van der Waals surface area contributed by atoms with Crippen molar-refractivity contribution in [2.75, 3.05) is 25.0 Å². The van der Waals surface area contributed by atoms with E-state index in [9.17, 15) is 9.59 Å². The highest BCUT2D eigenvalue weighted by Crippen LogP contribution is 2.32. The van der Waals surface area contributed by atoms with E-state index < -0.39 is 5.91 Å². The predicted octanol–water partition coefficient (Wildman–Crippen LogP) is 0.827. The SMILES string of the molecule is CC(C)N(CC(N)=O)C(=O)c1cccc2c1OCCN2. The van der Waals surface area contributed by atoms with E-state index >= 15 is 0 Å². The molecule has 0 radical (unpaired) electrons. The number of nitrogens with zero attached hydrogens (tertiary/aromatic N) is 1. The summed E-state index contributed by atoms with van der Waals surface area (Å²) in [5.41, 5.74) is 6.45. The average Bonchev–Trinajstić information content (AvgIpc) is 2.43. The van der Waals surface area contributed by atoms with Crippen molar-refractivity contribution >= 4 is 17.5 Å². The fourth-order valence-corrected chi connectivity index (χ4v) is 2.15. The van der Waals surface area contributed by atoms with Crippen molar-refractivity contribution in [3.63, 3.8) is 0 Å². The van der Waals surface area contributed by atoms with Crippen LogP contribution in [0.5, 0.6) is 5.75 Å². The van der Waals surface area contributed by atoms with Gasteiger partial charge in [0.1, 0.15) is 6.61 Å². The minimum Gasteiger partial charge on any atom is -0.489 e. The van der Waals surface area contributed by atoms with E-state index in [0.29, 0.717) is 24.5 Å². The molecule has 0 unspecified atom stereocenters. The molecule has 0 aromatic heterocycles. The van der Waals surface area contributed by atoms with Gasteiger partial charge in [-0.1, -0.05) is 6.07 Å². The van der Waals surface area contributed by atoms with Gasteiger partial charge in [-0.3, -0.25) is 9.59 Å². The Labute approximate surface area is 117 Å². The number of hydrogen-bond acceptors (Lipinski definition) is 4. The molecule has 0 atom stereocenters. The molecule has 2 rings (SSSR count). The second kappa shape index (κ2) is 5.81. The largest absolute Gasteiger partial charge is 0.489 e. The van der Waals surface area contributed by atoms with Gasteiger partial charge in [-0.05, 0) is 26.0 Å². The number of carbonyl (C=O) groups excluding carboxylic acids is 2. The highest BCUT2D eigenvalue weighted by Gasteiger charge is 2.25. The van der Waals surface area contributed by atoms with Crippen LogP contribution in [0.3, 0.4) is 0 Å². The second-order valence-corrected chi connectivity index (χ2v) is 4.95. The number of anilines is 1. The number of benzene rings is 1. The van der Waals surface area contributed by atoms with Crippen LogP contribution >= 0.6 is 0 Å². The zero-order valence-electron chi connectivity index (χ0n) is 11.7. The number of primary amides is 1. The van der Waals surface area contributed by atoms with E-state index in [1.165, 1.54) is 4.90 Å². The first-order valence-electron chi connectivity index (χ1n) is 6.59. The van der Waals surface area contributed by atoms with Crippen LogP contribution in [0, 0.1) is 0 Å². The van der Waals surface area contributed by atoms with E-state index in [2.05, 4.69) is 5.32 Å². The van der Waals surface area contributed by atoms with Crippen LogP contribution in [0.25, 0.3) is 0 Å². The Morgan fingerprint density at radius 2 is 2.20 bits per heavy atom. The number of hydrogen-bond donors (Lipinski definition) is 2. The Kier molecular flexibility index (Phi) is 4.12. The van der Waals surface area contributed by atoms with Gasteiger partial charge in [-0.25, -0.2) is 0 Å². The first kappa shape index (κ1) is 14.2. The monoisotopic (exact) mass is 277 g/mol. The molecule has 0 aliphatic carbocycles. The van der Waals surface area contributed by atoms with Gasteiger partial charge in [0, 0.05) is 12.6 Å². The molecule has 0 saturated carbocycles. The predicted molar refractivity (Wildman–Crippen MR) is 75.8 cm³/mol. The molecule has 1 heterocycles. The van der Waals surface area contributed by atoms with Gasteiger partial charge in [-0.15, -0.1) is 0 Å². The van der Waals surface area contributed by atoms with Crippen molar-refractivity contribution in [1.82, 2.24) is 4.90 Å². The Hall–Kier alpha value is -2.24. The molecule has 3 N–H and O–H groups in total. The molecule has 0 saturated heterocycles. The summed E-state index contributed by atoms with van der Waals surface area (Å²) in [6.45, 7) is 4.80. The zero-order chi connectivity index (χ0) is 14.7. The molecule has 108 valence electrons. The molecule has 0 spiro atoms. The van der Waals surface area contributed by atoms with Crippen molar-refractivity contribution in [2.24, 2.45) is 5.73 Å². The Morgan fingerprint density at radius 3 is 2.85 bits per heavy atom. The Balaban J connectivity index is 2.34. The maximum Gasteiger partial charge on any atom is 0.258 e. The molecule has 1 aliphatic rings. The van der Waals surface area contributed by atoms with Crippen LogP contribution in [-0.2, 0) is 4.79 Å². The van der Waals surface area contributed by atoms with Crippen molar-refractivity contribution in [3.8, 4) is 5.75 Å². The highest BCUT2D eigenvalue weighted by molar-refractivity contribution is 6.00. The Bertz CT molecular complexity index is 528. The van der Waals surface area contributed by atoms with E-state index in [-0.39, 0.29) is 18.5 Å². The molecule has 0 fully saturated rings. The van der Waals surface area contributed by atoms with Crippen LogP contribution in [0.15, 0.2) is 18.2 Å². The molecule has 0 bridgehead atoms. The van der Waals surface area contributed by atoms with Crippen molar-refractivity contribution in [2.45, 2.75) is 19.9 Å². The van der Waals surface area contributed by atoms with Crippen LogP contribution < -0.4 is 15.8 Å². The lowest BCUT2D eigenvalue weighted by Gasteiger charge is -2.28. The first-order chi connectivity index (χ1) is 9.50. The van der Waals surface area contributed by atoms with Crippen molar-refractivity contribution in [3.05, 3.63) is 23.8 Å². The van der Waals surface area contributed by atoms with Gasteiger partial charge in [-0.2, -0.15) is 0 Å². The summed E-state index contributed by atoms with van der Waals surface area (Å²) in [6.07, 6.45) is 0. The number of para-hydroxylation sites is 1. The molecular weight excluding hydrogens is 258 g/mol. The highest BCUT2D eigenvalue weighted by atomic mass is 16.5. The summed E-state index contributed by atoms with van der Waals surface area (Å²) < 4.78 is 5.58. The maximum atomic E-state index is 12.6. The summed E-state index contributed by atoms with van der Waals surface area (Å²) in [5.74, 6) is -0.242. The number of carbonyl (C=O) groups is 2. The van der Waals surface area contributed by atoms with E-state index in [1.54, 1.807) is 12.1 Å². The van der Waals surface area contributed by atoms with Crippen LogP contribution in [0.1, 0.15) is 24.2 Å². The number of ether oxygens (including phenoxy) is 1. The summed E-state index contributed by atoms with van der Waals surface area (Å²) in [5, 5.41) is 3.18. The molecule has 1 aromatic rings. The maximum absolute atomic E-state index is 12.6. The van der Waals surface area contributed by atoms with Crippen molar-refractivity contribution in [1.29, 1.82) is 0 Å². The third-order valence-corrected chi connectivity index (χ3v) is 3.12. The standard InChI is InChI=1S/C14H19N3O3/c1-9(2)17(8-12(15)18)14(19)10-4-3-5-11-13(10)20-7-6-16-11/h3-5,9,16H,6-8H2,1-2H3,(H2,15,18). The second-order valence-electron chi connectivity index (χ2n) is 4.95. The van der Waals surface area contributed by atoms with E-state index in [0.717, 1.165) is 5.69 Å². The molecule has 2 amide bonds. The Morgan fingerprint density at radius 1 is 1.45 bits per heavy atom. The fourth-order valence-electron chi connectivity index (χ4n) is 2.15. The van der Waals surface area contributed by atoms with Crippen LogP contribution in [0.2, 0.25) is 0 Å². The molecule has 6 heteroatoms. The number of nitrogens with one attached hydrogen (secondary N) is 1. The van der Waals surface area contributed by atoms with E-state index in [1.807, 2.05) is 19.9 Å². The lowest BCUT2D eigenvalue weighted by Crippen LogP contribution is -2.43. The lowest BCUT2D eigenvalue weighted by molar-refractivity contribution is -0.119. The third-order valence-electron chi connectivity index (χ3n) is 3.12. The molecule has 6 nitrogen and oxygen atoms in total. The minimum absolute atomic E-state index is 0.104. The van der Waals surface area contributed by atoms with Gasteiger partial charge in [0.05, 0.1) is 17.8 Å². The molecule has 1 aromatic carbocycles. The summed E-state index contributed by atoms with van der Waals surface area (Å²) in [6, 6.07) is 5.22. The smallest absolute Gasteiger partial charge is 0.258 e. The van der Waals surface area contributed by atoms with Crippen LogP contribution in [-0.4, -0.2) is 42.5 Å². The summed E-state index contributed by atoms with van der Waals surface area (Å²) in [4.78, 5) is 25.2. The quantitative estimate of drug-likeness (QED) is 0.853. The number of fused-ring (bicyclic) bond motifs is 1. The number of amides is 2. The van der Waals surface area contributed by atoms with Gasteiger partial charge in [0.2, 0.25) is 5.91 Å². The fraction of sp³-hybridized carbons (Fsp3) is 0.429. The van der Waals surface area contributed by atoms with Gasteiger partial charge in [0.15, 0.2) is 5.75 Å².